The maximum absolute atomic E-state index is 2.66. The first-order valence-electron chi connectivity index (χ1n) is 22.4. The van der Waals surface area contributed by atoms with E-state index < -0.39 is 0 Å². The number of anilines is 6. The minimum atomic E-state index is -0.0723. The molecule has 2 nitrogen and oxygen atoms in total. The summed E-state index contributed by atoms with van der Waals surface area (Å²) in [7, 11) is 0. The predicted octanol–water partition coefficient (Wildman–Crippen LogP) is 14.3. The van der Waals surface area contributed by atoms with Crippen molar-refractivity contribution in [2.24, 2.45) is 0 Å². The summed E-state index contributed by atoms with van der Waals surface area (Å²) in [6.07, 6.45) is 0. The van der Waals surface area contributed by atoms with Crippen LogP contribution in [0, 0.1) is 0 Å². The van der Waals surface area contributed by atoms with Gasteiger partial charge in [-0.15, -0.1) is 0 Å². The summed E-state index contributed by atoms with van der Waals surface area (Å²) in [6.45, 7) is 28.3. The fraction of sp³-hybridized carbons (Fsp3) is 0.276. The Kier molecular flexibility index (Phi) is 7.76. The van der Waals surface area contributed by atoms with Crippen molar-refractivity contribution in [3.05, 3.63) is 150 Å². The molecule has 0 saturated carbocycles. The van der Waals surface area contributed by atoms with Gasteiger partial charge in [-0.25, -0.2) is 0 Å². The molecule has 0 unspecified atom stereocenters. The van der Waals surface area contributed by atoms with Crippen LogP contribution >= 0.6 is 0 Å². The molecular weight excluding hydrogens is 735 g/mol. The fourth-order valence-corrected chi connectivity index (χ4v) is 10.7. The Morgan fingerprint density at radius 1 is 0.311 bits per heavy atom. The molecule has 7 aromatic rings. The van der Waals surface area contributed by atoms with Crippen LogP contribution in [0.15, 0.2) is 127 Å². The van der Waals surface area contributed by atoms with Crippen LogP contribution in [0.5, 0.6) is 0 Å². The Labute approximate surface area is 364 Å². The highest BCUT2D eigenvalue weighted by atomic mass is 15.2. The molecule has 0 saturated heterocycles. The molecule has 3 heteroatoms. The Bertz CT molecular complexity index is 2830. The normalized spacial score (nSPS) is 14.5. The van der Waals surface area contributed by atoms with Crippen molar-refractivity contribution in [3.8, 4) is 44.5 Å². The first-order valence-corrected chi connectivity index (χ1v) is 22.4. The second-order valence-electron chi connectivity index (χ2n) is 22.3. The first kappa shape index (κ1) is 38.2. The second kappa shape index (κ2) is 12.4. The molecule has 0 radical (unpaired) electrons. The van der Waals surface area contributed by atoms with Gasteiger partial charge in [-0.1, -0.05) is 162 Å². The molecule has 4 aliphatic rings. The van der Waals surface area contributed by atoms with Crippen LogP contribution in [0.2, 0.25) is 0 Å². The summed E-state index contributed by atoms with van der Waals surface area (Å²) in [5.41, 5.74) is 27.5. The molecular formula is C58H57BN2. The zero-order valence-electron chi connectivity index (χ0n) is 38.1. The summed E-state index contributed by atoms with van der Waals surface area (Å²) in [5, 5.41) is 0. The Hall–Kier alpha value is -5.80. The Morgan fingerprint density at radius 3 is 1.02 bits per heavy atom. The van der Waals surface area contributed by atoms with Crippen molar-refractivity contribution in [2.75, 3.05) is 9.80 Å². The Morgan fingerprint density at radius 2 is 0.656 bits per heavy atom. The molecule has 4 aliphatic heterocycles. The van der Waals surface area contributed by atoms with E-state index in [1.54, 1.807) is 0 Å². The van der Waals surface area contributed by atoms with Crippen LogP contribution < -0.4 is 26.2 Å². The number of benzene rings is 7. The lowest BCUT2D eigenvalue weighted by atomic mass is 9.32. The van der Waals surface area contributed by atoms with E-state index >= 15 is 0 Å². The number of fused-ring (bicyclic) bond motifs is 14. The zero-order chi connectivity index (χ0) is 42.7. The van der Waals surface area contributed by atoms with Gasteiger partial charge in [0, 0.05) is 45.0 Å². The fourth-order valence-electron chi connectivity index (χ4n) is 10.7. The van der Waals surface area contributed by atoms with E-state index in [0.717, 1.165) is 0 Å². The third kappa shape index (κ3) is 5.48. The van der Waals surface area contributed by atoms with Crippen molar-refractivity contribution in [1.29, 1.82) is 0 Å². The van der Waals surface area contributed by atoms with E-state index in [2.05, 4.69) is 220 Å². The maximum Gasteiger partial charge on any atom is 0.252 e. The quantitative estimate of drug-likeness (QED) is 0.141. The van der Waals surface area contributed by atoms with E-state index in [-0.39, 0.29) is 28.4 Å². The van der Waals surface area contributed by atoms with Crippen molar-refractivity contribution in [3.63, 3.8) is 0 Å². The molecule has 302 valence electrons. The van der Waals surface area contributed by atoms with Gasteiger partial charge in [0.05, 0.1) is 11.4 Å². The van der Waals surface area contributed by atoms with Crippen molar-refractivity contribution >= 4 is 57.2 Å². The molecule has 0 atom stereocenters. The van der Waals surface area contributed by atoms with E-state index in [9.17, 15) is 0 Å². The van der Waals surface area contributed by atoms with Gasteiger partial charge in [-0.3, -0.25) is 0 Å². The molecule has 0 spiro atoms. The predicted molar refractivity (Wildman–Crippen MR) is 264 cm³/mol. The zero-order valence-corrected chi connectivity index (χ0v) is 38.1. The molecule has 0 fully saturated rings. The van der Waals surface area contributed by atoms with Gasteiger partial charge in [-0.2, -0.15) is 0 Å². The number of hydrogen-bond acceptors (Lipinski definition) is 2. The average Bonchev–Trinajstić information content (AvgIpc) is 3.41. The van der Waals surface area contributed by atoms with Crippen molar-refractivity contribution < 1.29 is 0 Å². The van der Waals surface area contributed by atoms with Crippen LogP contribution in [0.3, 0.4) is 0 Å². The lowest BCUT2D eigenvalue weighted by molar-refractivity contribution is 0.590. The van der Waals surface area contributed by atoms with Crippen molar-refractivity contribution in [2.45, 2.75) is 105 Å². The van der Waals surface area contributed by atoms with Gasteiger partial charge < -0.3 is 9.80 Å². The van der Waals surface area contributed by atoms with E-state index in [1.807, 2.05) is 0 Å². The van der Waals surface area contributed by atoms with Crippen LogP contribution in [-0.2, 0) is 21.7 Å². The van der Waals surface area contributed by atoms with Crippen LogP contribution in [0.1, 0.15) is 105 Å². The smallest absolute Gasteiger partial charge is 0.252 e. The molecule has 61 heavy (non-hydrogen) atoms. The minimum Gasteiger partial charge on any atom is -0.310 e. The molecule has 7 aromatic carbocycles. The summed E-state index contributed by atoms with van der Waals surface area (Å²) in [4.78, 5) is 5.31. The average molecular weight is 793 g/mol. The molecule has 11 rings (SSSR count). The third-order valence-electron chi connectivity index (χ3n) is 14.1. The minimum absolute atomic E-state index is 0.00335. The van der Waals surface area contributed by atoms with Gasteiger partial charge in [-0.05, 0) is 131 Å². The number of hydrogen-bond donors (Lipinski definition) is 0. The summed E-state index contributed by atoms with van der Waals surface area (Å²) >= 11 is 0. The molecule has 4 heterocycles. The summed E-state index contributed by atoms with van der Waals surface area (Å²) < 4.78 is 0. The Balaban J connectivity index is 1.33. The largest absolute Gasteiger partial charge is 0.310 e. The molecule has 0 amide bonds. The van der Waals surface area contributed by atoms with Crippen LogP contribution in [-0.4, -0.2) is 6.71 Å². The highest BCUT2D eigenvalue weighted by Gasteiger charge is 2.48. The van der Waals surface area contributed by atoms with E-state index in [4.69, 9.17) is 0 Å². The highest BCUT2D eigenvalue weighted by Crippen LogP contribution is 2.57. The molecule has 0 aliphatic carbocycles. The van der Waals surface area contributed by atoms with Crippen LogP contribution in [0.4, 0.5) is 34.1 Å². The molecule has 0 bridgehead atoms. The topological polar surface area (TPSA) is 6.48 Å². The van der Waals surface area contributed by atoms with E-state index in [0.29, 0.717) is 0 Å². The summed E-state index contributed by atoms with van der Waals surface area (Å²) in [6, 6.07) is 50.3. The van der Waals surface area contributed by atoms with Gasteiger partial charge in [0.15, 0.2) is 0 Å². The first-order chi connectivity index (χ1) is 28.8. The number of rotatable bonds is 0. The van der Waals surface area contributed by atoms with E-state index in [1.165, 1.54) is 117 Å². The lowest BCUT2D eigenvalue weighted by Crippen LogP contribution is -2.62. The monoisotopic (exact) mass is 792 g/mol. The number of nitrogens with zero attached hydrogens (tertiary/aromatic N) is 2. The molecule has 0 N–H and O–H groups in total. The molecule has 0 aromatic heterocycles. The lowest BCUT2D eigenvalue weighted by Gasteiger charge is -2.46. The highest BCUT2D eigenvalue weighted by molar-refractivity contribution is 7.00. The maximum atomic E-state index is 2.66. The van der Waals surface area contributed by atoms with Gasteiger partial charge in [0.1, 0.15) is 0 Å². The summed E-state index contributed by atoms with van der Waals surface area (Å²) in [5.74, 6) is 0. The SMILES string of the molecule is CC(C)(C)c1ccc2c(c1)-c1ccccc1-c1cc(C(C)(C)C)cc3c1N2c1cccc2c1B3c1cc(C(C)(C)C)cc3c1N2c1ccc(C(C)(C)C)cc1-c1ccccc1-3. The van der Waals surface area contributed by atoms with Crippen LogP contribution in [0.25, 0.3) is 44.5 Å². The third-order valence-corrected chi connectivity index (χ3v) is 14.1. The van der Waals surface area contributed by atoms with Gasteiger partial charge in [0.25, 0.3) is 6.71 Å². The van der Waals surface area contributed by atoms with Crippen molar-refractivity contribution in [1.82, 2.24) is 0 Å². The second-order valence-corrected chi connectivity index (χ2v) is 22.3. The van der Waals surface area contributed by atoms with Gasteiger partial charge in [0.2, 0.25) is 0 Å². The standard InChI is InChI=1S/C58H57BN2/c1-55(2,3)34-24-26-48-42(28-34)38-18-13-15-20-40(38)44-30-36(57(7,8)9)32-46-53(44)60(48)50-22-17-23-51-52(50)59(46)47-33-37(58(10,11)12)31-45-41-21-16-14-19-39(41)43-29-35(56(4,5)6)25-27-49(43)61(51)54(45)47/h13-33H,1-12H3. The van der Waals surface area contributed by atoms with Gasteiger partial charge >= 0.3 is 0 Å².